The Kier molecular flexibility index (Phi) is 6.41. The first-order valence-electron chi connectivity index (χ1n) is 6.52. The molecule has 0 aromatic heterocycles. The molecule has 0 aromatic carbocycles. The van der Waals surface area contributed by atoms with E-state index < -0.39 is 30.3 Å². The van der Waals surface area contributed by atoms with E-state index in [2.05, 4.69) is 0 Å². The van der Waals surface area contributed by atoms with Crippen molar-refractivity contribution in [1.82, 2.24) is 0 Å². The number of ether oxygens (including phenoxy) is 2. The Bertz CT molecular complexity index is 400. The van der Waals surface area contributed by atoms with Crippen LogP contribution in [0, 0.1) is 0 Å². The minimum absolute atomic E-state index is 0.361. The molecule has 0 aliphatic carbocycles. The summed E-state index contributed by atoms with van der Waals surface area (Å²) < 4.78 is 9.99. The molecule has 4 atom stereocenters. The molecular weight excluding hydrogens is 264 g/mol. The van der Waals surface area contributed by atoms with Gasteiger partial charge in [-0.15, -0.1) is 0 Å². The highest BCUT2D eigenvalue weighted by atomic mass is 16.6. The third-order valence-electron chi connectivity index (χ3n) is 2.85. The summed E-state index contributed by atoms with van der Waals surface area (Å²) in [5.41, 5.74) is 0. The Labute approximate surface area is 117 Å². The van der Waals surface area contributed by atoms with E-state index in [0.29, 0.717) is 12.8 Å². The largest absolute Gasteiger partial charge is 0.460 e. The van der Waals surface area contributed by atoms with Crippen molar-refractivity contribution >= 4 is 11.9 Å². The van der Waals surface area contributed by atoms with E-state index in [1.54, 1.807) is 6.92 Å². The molecule has 0 saturated heterocycles. The van der Waals surface area contributed by atoms with E-state index in [1.165, 1.54) is 19.1 Å². The molecule has 0 aromatic rings. The molecule has 6 heteroatoms. The van der Waals surface area contributed by atoms with Crippen LogP contribution < -0.4 is 0 Å². The number of aliphatic hydroxyl groups excluding tert-OH is 2. The molecule has 0 bridgehead atoms. The molecule has 1 rings (SSSR count). The fourth-order valence-electron chi connectivity index (χ4n) is 1.61. The van der Waals surface area contributed by atoms with E-state index >= 15 is 0 Å². The van der Waals surface area contributed by atoms with Crippen molar-refractivity contribution in [1.29, 1.82) is 0 Å². The third-order valence-corrected chi connectivity index (χ3v) is 2.85. The van der Waals surface area contributed by atoms with Crippen LogP contribution in [0.2, 0.25) is 0 Å². The molecule has 1 heterocycles. The summed E-state index contributed by atoms with van der Waals surface area (Å²) in [4.78, 5) is 22.9. The van der Waals surface area contributed by atoms with Gasteiger partial charge in [0.2, 0.25) is 0 Å². The van der Waals surface area contributed by atoms with Gasteiger partial charge in [0.15, 0.2) is 0 Å². The van der Waals surface area contributed by atoms with Gasteiger partial charge in [0, 0.05) is 12.2 Å². The van der Waals surface area contributed by atoms with Crippen LogP contribution in [-0.4, -0.2) is 46.6 Å². The van der Waals surface area contributed by atoms with E-state index in [9.17, 15) is 19.8 Å². The lowest BCUT2D eigenvalue weighted by molar-refractivity contribution is -0.146. The van der Waals surface area contributed by atoms with Crippen LogP contribution in [0.1, 0.15) is 26.7 Å². The summed E-state index contributed by atoms with van der Waals surface area (Å²) >= 11 is 0. The molecule has 1 aliphatic rings. The van der Waals surface area contributed by atoms with E-state index in [4.69, 9.17) is 9.47 Å². The zero-order chi connectivity index (χ0) is 15.1. The summed E-state index contributed by atoms with van der Waals surface area (Å²) in [6.45, 7) is 3.21. The molecule has 0 fully saturated rings. The summed E-state index contributed by atoms with van der Waals surface area (Å²) in [6.07, 6.45) is 2.48. The molecule has 20 heavy (non-hydrogen) atoms. The summed E-state index contributed by atoms with van der Waals surface area (Å²) in [6, 6.07) is 0. The Hall–Kier alpha value is -1.66. The second-order valence-electron chi connectivity index (χ2n) is 4.74. The zero-order valence-corrected chi connectivity index (χ0v) is 11.6. The molecule has 112 valence electrons. The Morgan fingerprint density at radius 2 is 1.60 bits per heavy atom. The number of carbonyl (C=O) groups excluding carboxylic acids is 2. The molecule has 0 amide bonds. The molecule has 0 radical (unpaired) electrons. The van der Waals surface area contributed by atoms with Gasteiger partial charge in [-0.25, -0.2) is 9.59 Å². The predicted molar refractivity (Wildman–Crippen MR) is 70.6 cm³/mol. The Morgan fingerprint density at radius 3 is 2.30 bits per heavy atom. The van der Waals surface area contributed by atoms with Gasteiger partial charge in [-0.1, -0.05) is 0 Å². The van der Waals surface area contributed by atoms with Crippen LogP contribution in [0.5, 0.6) is 0 Å². The molecule has 6 nitrogen and oxygen atoms in total. The van der Waals surface area contributed by atoms with Gasteiger partial charge in [-0.2, -0.15) is 0 Å². The highest BCUT2D eigenvalue weighted by Crippen LogP contribution is 2.09. The fourth-order valence-corrected chi connectivity index (χ4v) is 1.61. The van der Waals surface area contributed by atoms with Crippen LogP contribution in [0.4, 0.5) is 0 Å². The molecular formula is C14H20O6. The molecule has 2 N–H and O–H groups in total. The van der Waals surface area contributed by atoms with Gasteiger partial charge in [0.1, 0.15) is 12.2 Å². The van der Waals surface area contributed by atoms with Gasteiger partial charge in [-0.05, 0) is 38.8 Å². The van der Waals surface area contributed by atoms with E-state index in [1.807, 2.05) is 0 Å². The van der Waals surface area contributed by atoms with Gasteiger partial charge >= 0.3 is 11.9 Å². The van der Waals surface area contributed by atoms with Crippen molar-refractivity contribution in [3.05, 3.63) is 24.3 Å². The van der Waals surface area contributed by atoms with Crippen LogP contribution in [0.15, 0.2) is 24.3 Å². The SMILES string of the molecule is CC1OC(=O)/C=C/[C@@H](O)CC[C@H](C)OC(=O)/C=C/[C@H]1O. The second kappa shape index (κ2) is 7.81. The highest BCUT2D eigenvalue weighted by molar-refractivity contribution is 5.83. The number of rotatable bonds is 0. The van der Waals surface area contributed by atoms with Crippen molar-refractivity contribution in [2.45, 2.75) is 51.1 Å². The number of hydrogen-bond donors (Lipinski definition) is 2. The van der Waals surface area contributed by atoms with Crippen molar-refractivity contribution in [3.63, 3.8) is 0 Å². The maximum absolute atomic E-state index is 11.5. The van der Waals surface area contributed by atoms with Gasteiger partial charge in [0.25, 0.3) is 0 Å². The summed E-state index contributed by atoms with van der Waals surface area (Å²) in [5.74, 6) is -1.24. The number of esters is 2. The number of cyclic esters (lactones) is 2. The third kappa shape index (κ3) is 5.99. The zero-order valence-electron chi connectivity index (χ0n) is 11.6. The first-order valence-corrected chi connectivity index (χ1v) is 6.52. The standard InChI is InChI=1S/C14H20O6/c1-9-3-4-11(15)5-7-14(18)20-10(2)12(16)6-8-13(17)19-9/h5-12,15-16H,3-4H2,1-2H3/b7-5+,8-6+/t9-,10?,11-,12+/m0/s1. The van der Waals surface area contributed by atoms with Crippen LogP contribution in [0.3, 0.4) is 0 Å². The topological polar surface area (TPSA) is 93.1 Å². The minimum atomic E-state index is -1.11. The average Bonchev–Trinajstić information content (AvgIpc) is 2.39. The molecule has 1 unspecified atom stereocenters. The Morgan fingerprint density at radius 1 is 1.00 bits per heavy atom. The average molecular weight is 284 g/mol. The highest BCUT2D eigenvalue weighted by Gasteiger charge is 2.17. The van der Waals surface area contributed by atoms with Crippen LogP contribution >= 0.6 is 0 Å². The van der Waals surface area contributed by atoms with Crippen molar-refractivity contribution < 1.29 is 29.3 Å². The van der Waals surface area contributed by atoms with Crippen molar-refractivity contribution in [3.8, 4) is 0 Å². The summed E-state index contributed by atoms with van der Waals surface area (Å²) in [5, 5.41) is 19.3. The quantitative estimate of drug-likeness (QED) is 0.628. The lowest BCUT2D eigenvalue weighted by Crippen LogP contribution is -2.27. The van der Waals surface area contributed by atoms with Gasteiger partial charge < -0.3 is 19.7 Å². The van der Waals surface area contributed by atoms with E-state index in [0.717, 1.165) is 12.2 Å². The van der Waals surface area contributed by atoms with Gasteiger partial charge in [-0.3, -0.25) is 0 Å². The lowest BCUT2D eigenvalue weighted by atomic mass is 10.1. The number of aliphatic hydroxyl groups is 2. The first kappa shape index (κ1) is 16.4. The lowest BCUT2D eigenvalue weighted by Gasteiger charge is -2.17. The molecule has 0 saturated carbocycles. The number of hydrogen-bond acceptors (Lipinski definition) is 6. The fraction of sp³-hybridized carbons (Fsp3) is 0.571. The Balaban J connectivity index is 2.79. The van der Waals surface area contributed by atoms with Crippen molar-refractivity contribution in [2.24, 2.45) is 0 Å². The molecule has 0 spiro atoms. The minimum Gasteiger partial charge on any atom is -0.460 e. The van der Waals surface area contributed by atoms with Crippen LogP contribution in [-0.2, 0) is 19.1 Å². The van der Waals surface area contributed by atoms with Gasteiger partial charge in [0.05, 0.1) is 12.2 Å². The first-order chi connectivity index (χ1) is 9.38. The predicted octanol–water partition coefficient (Wildman–Crippen LogP) is 0.478. The number of carbonyl (C=O) groups is 2. The normalized spacial score (nSPS) is 36.4. The van der Waals surface area contributed by atoms with Crippen molar-refractivity contribution in [2.75, 3.05) is 0 Å². The smallest absolute Gasteiger partial charge is 0.330 e. The summed E-state index contributed by atoms with van der Waals surface area (Å²) in [7, 11) is 0. The van der Waals surface area contributed by atoms with Crippen LogP contribution in [0.25, 0.3) is 0 Å². The second-order valence-corrected chi connectivity index (χ2v) is 4.74. The molecule has 1 aliphatic heterocycles. The van der Waals surface area contributed by atoms with E-state index in [-0.39, 0.29) is 6.10 Å². The maximum atomic E-state index is 11.5. The monoisotopic (exact) mass is 284 g/mol. The maximum Gasteiger partial charge on any atom is 0.330 e.